The van der Waals surface area contributed by atoms with Crippen molar-refractivity contribution in [3.63, 3.8) is 0 Å². The van der Waals surface area contributed by atoms with Crippen LogP contribution in [0.1, 0.15) is 11.6 Å². The zero-order valence-corrected chi connectivity index (χ0v) is 14.5. The third-order valence-corrected chi connectivity index (χ3v) is 6.38. The second kappa shape index (κ2) is 6.61. The largest absolute Gasteiger partial charge is 0.297 e. The van der Waals surface area contributed by atoms with Crippen molar-refractivity contribution in [3.05, 3.63) is 65.2 Å². The number of hydrogen-bond donors (Lipinski definition) is 0. The fourth-order valence-electron chi connectivity index (χ4n) is 2.86. The maximum Gasteiger partial charge on any atom is 0.243 e. The predicted molar refractivity (Wildman–Crippen MR) is 92.0 cm³/mol. The monoisotopic (exact) mass is 350 g/mol. The summed E-state index contributed by atoms with van der Waals surface area (Å²) in [5, 5.41) is 0.532. The van der Waals surface area contributed by atoms with E-state index >= 15 is 0 Å². The lowest BCUT2D eigenvalue weighted by Gasteiger charge is -2.39. The molecule has 122 valence electrons. The number of sulfonamides is 1. The van der Waals surface area contributed by atoms with Gasteiger partial charge >= 0.3 is 0 Å². The zero-order chi connectivity index (χ0) is 16.4. The molecule has 1 fully saturated rings. The summed E-state index contributed by atoms with van der Waals surface area (Å²) in [6.45, 7) is 1.64. The van der Waals surface area contributed by atoms with Crippen LogP contribution in [0.25, 0.3) is 0 Å². The minimum absolute atomic E-state index is 0.0621. The van der Waals surface area contributed by atoms with Gasteiger partial charge in [0.2, 0.25) is 10.0 Å². The molecule has 6 heteroatoms. The number of halogens is 1. The smallest absolute Gasteiger partial charge is 0.243 e. The number of likely N-dealkylation sites (N-methyl/N-ethyl adjacent to an activating group) is 1. The van der Waals surface area contributed by atoms with Gasteiger partial charge in [-0.25, -0.2) is 8.42 Å². The van der Waals surface area contributed by atoms with Crippen LogP contribution in [0.5, 0.6) is 0 Å². The van der Waals surface area contributed by atoms with E-state index in [1.807, 2.05) is 37.4 Å². The fraction of sp³-hybridized carbons (Fsp3) is 0.294. The average Bonchev–Trinajstić information content (AvgIpc) is 2.56. The lowest BCUT2D eigenvalue weighted by atomic mass is 10.0. The van der Waals surface area contributed by atoms with E-state index in [1.54, 1.807) is 28.6 Å². The summed E-state index contributed by atoms with van der Waals surface area (Å²) in [6, 6.07) is 16.4. The quantitative estimate of drug-likeness (QED) is 0.854. The van der Waals surface area contributed by atoms with Gasteiger partial charge in [-0.1, -0.05) is 41.9 Å². The zero-order valence-electron chi connectivity index (χ0n) is 12.9. The van der Waals surface area contributed by atoms with Crippen molar-refractivity contribution in [2.75, 3.05) is 26.7 Å². The molecule has 0 N–H and O–H groups in total. The predicted octanol–water partition coefficient (Wildman–Crippen LogP) is 3.02. The Morgan fingerprint density at radius 3 is 2.30 bits per heavy atom. The second-order valence-electron chi connectivity index (χ2n) is 5.72. The summed E-state index contributed by atoms with van der Waals surface area (Å²) in [4.78, 5) is 2.49. The van der Waals surface area contributed by atoms with Crippen LogP contribution in [0, 0.1) is 0 Å². The molecule has 0 bridgehead atoms. The SMILES string of the molecule is CN1CCN(S(=O)(=O)c2ccc(Cl)cc2)CC1c1ccccc1. The van der Waals surface area contributed by atoms with Crippen LogP contribution in [-0.2, 0) is 10.0 Å². The highest BCUT2D eigenvalue weighted by Crippen LogP contribution is 2.28. The minimum atomic E-state index is -3.50. The molecule has 1 atom stereocenters. The van der Waals surface area contributed by atoms with Gasteiger partial charge in [0.1, 0.15) is 0 Å². The van der Waals surface area contributed by atoms with Gasteiger partial charge in [-0.05, 0) is 36.9 Å². The van der Waals surface area contributed by atoms with E-state index in [1.165, 1.54) is 0 Å². The summed E-state index contributed by atoms with van der Waals surface area (Å²) >= 11 is 5.85. The molecule has 0 radical (unpaired) electrons. The molecule has 0 amide bonds. The molecule has 1 unspecified atom stereocenters. The van der Waals surface area contributed by atoms with Gasteiger partial charge in [-0.3, -0.25) is 4.90 Å². The third-order valence-electron chi connectivity index (χ3n) is 4.25. The molecule has 2 aromatic rings. The number of piperazine rings is 1. The highest BCUT2D eigenvalue weighted by molar-refractivity contribution is 7.89. The van der Waals surface area contributed by atoms with E-state index in [-0.39, 0.29) is 6.04 Å². The topological polar surface area (TPSA) is 40.6 Å². The van der Waals surface area contributed by atoms with Crippen LogP contribution in [0.15, 0.2) is 59.5 Å². The molecule has 3 rings (SSSR count). The van der Waals surface area contributed by atoms with Crippen molar-refractivity contribution < 1.29 is 8.42 Å². The Hall–Kier alpha value is -1.40. The molecule has 2 aromatic carbocycles. The standard InChI is InChI=1S/C17H19ClN2O2S/c1-19-11-12-20(13-17(19)14-5-3-2-4-6-14)23(21,22)16-9-7-15(18)8-10-16/h2-10,17H,11-13H2,1H3. The molecule has 1 aliphatic rings. The van der Waals surface area contributed by atoms with Crippen molar-refractivity contribution in [3.8, 4) is 0 Å². The maximum atomic E-state index is 12.8. The molecular weight excluding hydrogens is 332 g/mol. The Kier molecular flexibility index (Phi) is 4.73. The first kappa shape index (κ1) is 16.5. The molecule has 1 heterocycles. The van der Waals surface area contributed by atoms with E-state index in [4.69, 9.17) is 11.6 Å². The lowest BCUT2D eigenvalue weighted by molar-refractivity contribution is 0.148. The molecule has 23 heavy (non-hydrogen) atoms. The molecule has 1 aliphatic heterocycles. The van der Waals surface area contributed by atoms with Crippen molar-refractivity contribution in [2.45, 2.75) is 10.9 Å². The van der Waals surface area contributed by atoms with Crippen molar-refractivity contribution in [2.24, 2.45) is 0 Å². The minimum Gasteiger partial charge on any atom is -0.297 e. The van der Waals surface area contributed by atoms with E-state index < -0.39 is 10.0 Å². The van der Waals surface area contributed by atoms with Gasteiger partial charge in [0, 0.05) is 30.7 Å². The van der Waals surface area contributed by atoms with Gasteiger partial charge in [-0.15, -0.1) is 0 Å². The Balaban J connectivity index is 1.87. The van der Waals surface area contributed by atoms with Gasteiger partial charge in [0.15, 0.2) is 0 Å². The van der Waals surface area contributed by atoms with Gasteiger partial charge < -0.3 is 0 Å². The number of benzene rings is 2. The first-order valence-corrected chi connectivity index (χ1v) is 9.31. The first-order chi connectivity index (χ1) is 11.0. The summed E-state index contributed by atoms with van der Waals surface area (Å²) < 4.78 is 27.3. The third kappa shape index (κ3) is 3.43. The Bertz CT molecular complexity index is 763. The molecule has 0 aromatic heterocycles. The second-order valence-corrected chi connectivity index (χ2v) is 8.10. The Morgan fingerprint density at radius 2 is 1.65 bits per heavy atom. The van der Waals surface area contributed by atoms with Gasteiger partial charge in [0.05, 0.1) is 4.90 Å². The van der Waals surface area contributed by atoms with E-state index in [9.17, 15) is 8.42 Å². The molecule has 1 saturated heterocycles. The summed E-state index contributed by atoms with van der Waals surface area (Å²) in [5.41, 5.74) is 1.13. The highest BCUT2D eigenvalue weighted by Gasteiger charge is 2.33. The van der Waals surface area contributed by atoms with Crippen LogP contribution in [0.4, 0.5) is 0 Å². The van der Waals surface area contributed by atoms with Crippen LogP contribution < -0.4 is 0 Å². The summed E-state index contributed by atoms with van der Waals surface area (Å²) in [7, 11) is -1.46. The molecule has 0 saturated carbocycles. The Morgan fingerprint density at radius 1 is 1.00 bits per heavy atom. The molecule has 4 nitrogen and oxygen atoms in total. The number of hydrogen-bond acceptors (Lipinski definition) is 3. The fourth-order valence-corrected chi connectivity index (χ4v) is 4.42. The first-order valence-electron chi connectivity index (χ1n) is 7.49. The van der Waals surface area contributed by atoms with Gasteiger partial charge in [-0.2, -0.15) is 4.31 Å². The van der Waals surface area contributed by atoms with Crippen molar-refractivity contribution >= 4 is 21.6 Å². The number of nitrogens with zero attached hydrogens (tertiary/aromatic N) is 2. The summed E-state index contributed by atoms with van der Waals surface area (Å²) in [5.74, 6) is 0. The van der Waals surface area contributed by atoms with E-state index in [0.717, 1.165) is 5.56 Å². The molecule has 0 spiro atoms. The lowest BCUT2D eigenvalue weighted by Crippen LogP contribution is -2.48. The molecular formula is C17H19ClN2O2S. The average molecular weight is 351 g/mol. The van der Waals surface area contributed by atoms with Crippen molar-refractivity contribution in [1.82, 2.24) is 9.21 Å². The maximum absolute atomic E-state index is 12.8. The van der Waals surface area contributed by atoms with Crippen LogP contribution in [0.3, 0.4) is 0 Å². The van der Waals surface area contributed by atoms with E-state index in [2.05, 4.69) is 4.90 Å². The van der Waals surface area contributed by atoms with Crippen LogP contribution in [-0.4, -0.2) is 44.3 Å². The highest BCUT2D eigenvalue weighted by atomic mass is 35.5. The number of rotatable bonds is 3. The summed E-state index contributed by atoms with van der Waals surface area (Å²) in [6.07, 6.45) is 0. The van der Waals surface area contributed by atoms with Crippen LogP contribution >= 0.6 is 11.6 Å². The normalized spacial score (nSPS) is 20.5. The van der Waals surface area contributed by atoms with Crippen molar-refractivity contribution in [1.29, 1.82) is 0 Å². The molecule has 0 aliphatic carbocycles. The Labute approximate surface area is 142 Å². The van der Waals surface area contributed by atoms with Gasteiger partial charge in [0.25, 0.3) is 0 Å². The van der Waals surface area contributed by atoms with E-state index in [0.29, 0.717) is 29.6 Å². The van der Waals surface area contributed by atoms with Crippen LogP contribution in [0.2, 0.25) is 5.02 Å².